The Morgan fingerprint density at radius 2 is 1.75 bits per heavy atom. The third-order valence-corrected chi connectivity index (χ3v) is 7.59. The lowest BCUT2D eigenvalue weighted by molar-refractivity contribution is -0.205. The summed E-state index contributed by atoms with van der Waals surface area (Å²) in [6.07, 6.45) is 0.961. The maximum atomic E-state index is 12.5. The molecule has 1 fully saturated rings. The average Bonchev–Trinajstić information content (AvgIpc) is 2.90. The van der Waals surface area contributed by atoms with Gasteiger partial charge in [0.05, 0.1) is 17.4 Å². The number of esters is 3. The van der Waals surface area contributed by atoms with Crippen molar-refractivity contribution in [3.05, 3.63) is 23.3 Å². The number of aliphatic hydroxyl groups excluding tert-OH is 1. The molecular weight excluding hydrogens is 416 g/mol. The second-order valence-electron chi connectivity index (χ2n) is 9.69. The molecule has 3 rings (SSSR count). The van der Waals surface area contributed by atoms with Gasteiger partial charge >= 0.3 is 17.9 Å². The van der Waals surface area contributed by atoms with Crippen molar-refractivity contribution in [3.8, 4) is 0 Å². The smallest absolute Gasteiger partial charge is 0.312 e. The molecule has 1 saturated heterocycles. The Kier molecular flexibility index (Phi) is 6.60. The van der Waals surface area contributed by atoms with Gasteiger partial charge in [0.1, 0.15) is 17.8 Å². The van der Waals surface area contributed by atoms with Gasteiger partial charge in [0, 0.05) is 26.2 Å². The highest BCUT2D eigenvalue weighted by molar-refractivity contribution is 5.77. The van der Waals surface area contributed by atoms with Gasteiger partial charge in [0.15, 0.2) is 6.10 Å². The summed E-state index contributed by atoms with van der Waals surface area (Å²) in [5.74, 6) is -3.31. The summed E-state index contributed by atoms with van der Waals surface area (Å²) >= 11 is 0. The quantitative estimate of drug-likeness (QED) is 0.373. The van der Waals surface area contributed by atoms with E-state index in [0.717, 1.165) is 11.1 Å². The molecule has 2 aliphatic carbocycles. The number of allylic oxidation sites excluding steroid dienone is 1. The van der Waals surface area contributed by atoms with Crippen molar-refractivity contribution in [2.75, 3.05) is 0 Å². The van der Waals surface area contributed by atoms with E-state index in [1.54, 1.807) is 6.08 Å². The van der Waals surface area contributed by atoms with E-state index in [9.17, 15) is 24.6 Å². The van der Waals surface area contributed by atoms with Crippen molar-refractivity contribution in [2.24, 2.45) is 17.3 Å². The predicted molar refractivity (Wildman–Crippen MR) is 114 cm³/mol. The molecule has 1 unspecified atom stereocenters. The Morgan fingerprint density at radius 3 is 2.34 bits per heavy atom. The van der Waals surface area contributed by atoms with Gasteiger partial charge in [-0.25, -0.2) is 0 Å². The molecule has 32 heavy (non-hydrogen) atoms. The number of aliphatic hydroxyl groups is 2. The monoisotopic (exact) mass is 450 g/mol. The summed E-state index contributed by atoms with van der Waals surface area (Å²) < 4.78 is 16.9. The number of carbonyl (C=O) groups excluding carboxylic acids is 3. The summed E-state index contributed by atoms with van der Waals surface area (Å²) in [7, 11) is 0. The largest absolute Gasteiger partial charge is 0.462 e. The number of hydrogen-bond donors (Lipinski definition) is 2. The van der Waals surface area contributed by atoms with Crippen LogP contribution in [0.4, 0.5) is 0 Å². The predicted octanol–water partition coefficient (Wildman–Crippen LogP) is 2.22. The highest BCUT2D eigenvalue weighted by atomic mass is 16.6. The molecule has 0 bridgehead atoms. The first-order valence-electron chi connectivity index (χ1n) is 11.1. The molecule has 8 nitrogen and oxygen atoms in total. The standard InChI is InChI=1S/C24H34O8/c1-12-7-9-17(30-15(4)25)23(6)18(31-16(5)26)10-8-13(2)20(23)21(27)24(29)14(3)22(28)32-19(24)11-12/h8,11,14,17-21,27,29H,7,9-10H2,1-6H3/b12-11-/t14-,17+,18-,19-,20?,21+,23-,24-/m0/s1. The number of fused-ring (bicyclic) bond motifs is 2. The molecule has 0 aromatic heterocycles. The molecule has 0 aromatic rings. The molecule has 8 atom stereocenters. The molecule has 0 aromatic carbocycles. The fraction of sp³-hybridized carbons (Fsp3) is 0.708. The van der Waals surface area contributed by atoms with E-state index in [1.807, 2.05) is 26.8 Å². The summed E-state index contributed by atoms with van der Waals surface area (Å²) in [5.41, 5.74) is -1.37. The van der Waals surface area contributed by atoms with Gasteiger partial charge < -0.3 is 24.4 Å². The van der Waals surface area contributed by atoms with Crippen LogP contribution in [0.3, 0.4) is 0 Å². The van der Waals surface area contributed by atoms with E-state index in [4.69, 9.17) is 14.2 Å². The Bertz CT molecular complexity index is 860. The molecule has 0 amide bonds. The Labute approximate surface area is 188 Å². The van der Waals surface area contributed by atoms with Crippen LogP contribution in [-0.4, -0.2) is 58.1 Å². The van der Waals surface area contributed by atoms with Gasteiger partial charge in [-0.05, 0) is 39.7 Å². The van der Waals surface area contributed by atoms with Crippen molar-refractivity contribution in [1.82, 2.24) is 0 Å². The van der Waals surface area contributed by atoms with Gasteiger partial charge in [-0.15, -0.1) is 0 Å². The van der Waals surface area contributed by atoms with E-state index in [0.29, 0.717) is 19.3 Å². The van der Waals surface area contributed by atoms with Gasteiger partial charge in [-0.3, -0.25) is 14.4 Å². The zero-order valence-electron chi connectivity index (χ0n) is 19.6. The molecule has 0 radical (unpaired) electrons. The third-order valence-electron chi connectivity index (χ3n) is 7.59. The van der Waals surface area contributed by atoms with Crippen molar-refractivity contribution >= 4 is 17.9 Å². The van der Waals surface area contributed by atoms with Crippen LogP contribution in [0.25, 0.3) is 0 Å². The molecule has 1 aliphatic heterocycles. The van der Waals surface area contributed by atoms with E-state index in [-0.39, 0.29) is 0 Å². The minimum atomic E-state index is -1.91. The van der Waals surface area contributed by atoms with E-state index in [1.165, 1.54) is 20.8 Å². The Balaban J connectivity index is 2.24. The number of ether oxygens (including phenoxy) is 3. The van der Waals surface area contributed by atoms with E-state index >= 15 is 0 Å². The minimum Gasteiger partial charge on any atom is -0.462 e. The zero-order valence-corrected chi connectivity index (χ0v) is 19.6. The molecule has 2 N–H and O–H groups in total. The van der Waals surface area contributed by atoms with Gasteiger partial charge in [0.25, 0.3) is 0 Å². The van der Waals surface area contributed by atoms with Crippen LogP contribution in [0.1, 0.15) is 60.8 Å². The summed E-state index contributed by atoms with van der Waals surface area (Å²) in [4.78, 5) is 36.5. The zero-order chi connectivity index (χ0) is 24.0. The van der Waals surface area contributed by atoms with Crippen LogP contribution in [-0.2, 0) is 28.6 Å². The Morgan fingerprint density at radius 1 is 1.16 bits per heavy atom. The van der Waals surface area contributed by atoms with Crippen molar-refractivity contribution in [2.45, 2.75) is 90.8 Å². The van der Waals surface area contributed by atoms with Crippen LogP contribution in [0.2, 0.25) is 0 Å². The van der Waals surface area contributed by atoms with Crippen molar-refractivity contribution in [1.29, 1.82) is 0 Å². The summed E-state index contributed by atoms with van der Waals surface area (Å²) in [6, 6.07) is 0. The van der Waals surface area contributed by atoms with E-state index in [2.05, 4.69) is 0 Å². The minimum absolute atomic E-state index is 0.380. The SMILES string of the molecule is CC(=O)O[C@H]1CC=C(C)C2[C@@H](O)[C@@]3(O)[C@H](/C=C(/C)CC[C@@H](OC(C)=O)[C@]21C)OC(=O)[C@@H]3C. The lowest BCUT2D eigenvalue weighted by Crippen LogP contribution is -2.64. The highest BCUT2D eigenvalue weighted by Crippen LogP contribution is 2.54. The van der Waals surface area contributed by atoms with Crippen molar-refractivity contribution in [3.63, 3.8) is 0 Å². The molecule has 0 saturated carbocycles. The maximum Gasteiger partial charge on any atom is 0.312 e. The second-order valence-corrected chi connectivity index (χ2v) is 9.69. The number of carbonyl (C=O) groups is 3. The normalized spacial score (nSPS) is 43.6. The Hall–Kier alpha value is -2.19. The molecule has 178 valence electrons. The van der Waals surface area contributed by atoms with Gasteiger partial charge in [0.2, 0.25) is 0 Å². The maximum absolute atomic E-state index is 12.5. The first-order chi connectivity index (χ1) is 14.8. The summed E-state index contributed by atoms with van der Waals surface area (Å²) in [5, 5.41) is 23.5. The van der Waals surface area contributed by atoms with E-state index < -0.39 is 65.2 Å². The van der Waals surface area contributed by atoms with Gasteiger partial charge in [-0.2, -0.15) is 0 Å². The fourth-order valence-electron chi connectivity index (χ4n) is 5.75. The number of hydrogen-bond acceptors (Lipinski definition) is 8. The van der Waals surface area contributed by atoms with Crippen LogP contribution < -0.4 is 0 Å². The third kappa shape index (κ3) is 3.88. The van der Waals surface area contributed by atoms with Crippen molar-refractivity contribution < 1.29 is 38.8 Å². The molecule has 8 heteroatoms. The fourth-order valence-corrected chi connectivity index (χ4v) is 5.75. The topological polar surface area (TPSA) is 119 Å². The first kappa shape index (κ1) is 24.5. The molecule has 1 heterocycles. The lowest BCUT2D eigenvalue weighted by Gasteiger charge is -2.54. The van der Waals surface area contributed by atoms with Crippen LogP contribution in [0, 0.1) is 17.3 Å². The second kappa shape index (κ2) is 8.63. The average molecular weight is 451 g/mol. The molecule has 3 aliphatic rings. The number of rotatable bonds is 2. The first-order valence-corrected chi connectivity index (χ1v) is 11.1. The lowest BCUT2D eigenvalue weighted by atomic mass is 9.56. The van der Waals surface area contributed by atoms with Crippen LogP contribution >= 0.6 is 0 Å². The molecular formula is C24H34O8. The van der Waals surface area contributed by atoms with Crippen LogP contribution in [0.5, 0.6) is 0 Å². The van der Waals surface area contributed by atoms with Gasteiger partial charge in [-0.1, -0.05) is 24.1 Å². The molecule has 0 spiro atoms. The van der Waals surface area contributed by atoms with Crippen LogP contribution in [0.15, 0.2) is 23.3 Å². The highest BCUT2D eigenvalue weighted by Gasteiger charge is 2.65. The summed E-state index contributed by atoms with van der Waals surface area (Å²) in [6.45, 7) is 9.65.